The summed E-state index contributed by atoms with van der Waals surface area (Å²) in [4.78, 5) is 17.7. The summed E-state index contributed by atoms with van der Waals surface area (Å²) >= 11 is 0. The average Bonchev–Trinajstić information content (AvgIpc) is 2.30. The summed E-state index contributed by atoms with van der Waals surface area (Å²) < 4.78 is 0. The number of nitrogens with zero attached hydrogens (tertiary/aromatic N) is 2. The Morgan fingerprint density at radius 1 is 1.53 bits per heavy atom. The van der Waals surface area contributed by atoms with Gasteiger partial charge in [0.25, 0.3) is 0 Å². The fourth-order valence-electron chi connectivity index (χ4n) is 2.26. The van der Waals surface area contributed by atoms with E-state index in [1.807, 2.05) is 32.2 Å². The van der Waals surface area contributed by atoms with Crippen LogP contribution in [0.5, 0.6) is 0 Å². The lowest BCUT2D eigenvalue weighted by molar-refractivity contribution is -0.148. The highest BCUT2D eigenvalue weighted by Gasteiger charge is 2.38. The van der Waals surface area contributed by atoms with Crippen molar-refractivity contribution in [3.8, 4) is 0 Å². The molecule has 0 aliphatic carbocycles. The number of aromatic nitrogens is 1. The summed E-state index contributed by atoms with van der Waals surface area (Å²) in [7, 11) is 0. The number of carbonyl (C=O) groups is 1. The first-order valence-corrected chi connectivity index (χ1v) is 5.92. The second kappa shape index (κ2) is 4.35. The molecule has 17 heavy (non-hydrogen) atoms. The van der Waals surface area contributed by atoms with Crippen molar-refractivity contribution in [2.45, 2.75) is 26.7 Å². The fraction of sp³-hybridized carbons (Fsp3) is 0.538. The number of piperidine rings is 1. The zero-order valence-electron chi connectivity index (χ0n) is 10.3. The Hall–Kier alpha value is -1.58. The van der Waals surface area contributed by atoms with Crippen LogP contribution in [0.4, 0.5) is 5.82 Å². The zero-order chi connectivity index (χ0) is 12.5. The van der Waals surface area contributed by atoms with Crippen LogP contribution in [0.3, 0.4) is 0 Å². The van der Waals surface area contributed by atoms with E-state index in [1.54, 1.807) is 0 Å². The second-order valence-corrected chi connectivity index (χ2v) is 5.08. The summed E-state index contributed by atoms with van der Waals surface area (Å²) in [5, 5.41) is 9.26. The number of pyridine rings is 1. The van der Waals surface area contributed by atoms with Crippen molar-refractivity contribution in [1.29, 1.82) is 0 Å². The molecule has 0 amide bonds. The molecule has 2 heterocycles. The summed E-state index contributed by atoms with van der Waals surface area (Å²) in [6.07, 6.45) is 3.46. The van der Waals surface area contributed by atoms with Gasteiger partial charge in [-0.2, -0.15) is 0 Å². The molecule has 92 valence electrons. The van der Waals surface area contributed by atoms with E-state index in [0.29, 0.717) is 6.54 Å². The van der Waals surface area contributed by atoms with Crippen LogP contribution in [0.25, 0.3) is 0 Å². The lowest BCUT2D eigenvalue weighted by Crippen LogP contribution is -2.46. The number of hydrogen-bond acceptors (Lipinski definition) is 3. The second-order valence-electron chi connectivity index (χ2n) is 5.08. The molecule has 1 atom stereocenters. The molecule has 1 fully saturated rings. The van der Waals surface area contributed by atoms with Gasteiger partial charge in [0.2, 0.25) is 0 Å². The first kappa shape index (κ1) is 11.9. The predicted octanol–water partition coefficient (Wildman–Crippen LogP) is 2.08. The molecule has 0 aromatic carbocycles. The normalized spacial score (nSPS) is 24.7. The van der Waals surface area contributed by atoms with Crippen molar-refractivity contribution in [3.63, 3.8) is 0 Å². The van der Waals surface area contributed by atoms with Gasteiger partial charge in [0.15, 0.2) is 0 Å². The molecule has 0 bridgehead atoms. The molecule has 1 N–H and O–H groups in total. The standard InChI is InChI=1S/C13H18N2O2/c1-10-4-5-11(14-8-10)15-7-3-6-13(2,9-15)12(16)17/h4-5,8H,3,6-7,9H2,1-2H3,(H,16,17). The van der Waals surface area contributed by atoms with Gasteiger partial charge in [-0.3, -0.25) is 4.79 Å². The molecular formula is C13H18N2O2. The molecule has 0 radical (unpaired) electrons. The van der Waals surface area contributed by atoms with E-state index < -0.39 is 11.4 Å². The highest BCUT2D eigenvalue weighted by Crippen LogP contribution is 2.31. The Kier molecular flexibility index (Phi) is 3.05. The lowest BCUT2D eigenvalue weighted by atomic mass is 9.82. The van der Waals surface area contributed by atoms with Crippen LogP contribution in [0.1, 0.15) is 25.3 Å². The van der Waals surface area contributed by atoms with E-state index in [9.17, 15) is 9.90 Å². The minimum Gasteiger partial charge on any atom is -0.481 e. The van der Waals surface area contributed by atoms with Crippen LogP contribution >= 0.6 is 0 Å². The van der Waals surface area contributed by atoms with Crippen LogP contribution in [0.15, 0.2) is 18.3 Å². The first-order chi connectivity index (χ1) is 8.01. The van der Waals surface area contributed by atoms with Crippen molar-refractivity contribution < 1.29 is 9.90 Å². The van der Waals surface area contributed by atoms with Gasteiger partial charge in [0, 0.05) is 19.3 Å². The quantitative estimate of drug-likeness (QED) is 0.851. The molecule has 1 aliphatic heterocycles. The molecule has 0 spiro atoms. The summed E-state index contributed by atoms with van der Waals surface area (Å²) in [6, 6.07) is 3.97. The lowest BCUT2D eigenvalue weighted by Gasteiger charge is -2.38. The Morgan fingerprint density at radius 2 is 2.29 bits per heavy atom. The number of carboxylic acid groups (broad SMARTS) is 1. The molecule has 1 unspecified atom stereocenters. The number of aliphatic carboxylic acids is 1. The molecule has 1 aliphatic rings. The maximum Gasteiger partial charge on any atom is 0.311 e. The zero-order valence-corrected chi connectivity index (χ0v) is 10.3. The van der Waals surface area contributed by atoms with Gasteiger partial charge in [-0.1, -0.05) is 6.07 Å². The van der Waals surface area contributed by atoms with Gasteiger partial charge in [-0.05, 0) is 38.3 Å². The third-order valence-electron chi connectivity index (χ3n) is 3.43. The van der Waals surface area contributed by atoms with Crippen molar-refractivity contribution in [3.05, 3.63) is 23.9 Å². The van der Waals surface area contributed by atoms with Crippen LogP contribution < -0.4 is 4.90 Å². The number of rotatable bonds is 2. The van der Waals surface area contributed by atoms with Gasteiger partial charge in [-0.25, -0.2) is 4.98 Å². The third kappa shape index (κ3) is 2.40. The van der Waals surface area contributed by atoms with Gasteiger partial charge in [-0.15, -0.1) is 0 Å². The van der Waals surface area contributed by atoms with E-state index in [1.165, 1.54) is 0 Å². The van der Waals surface area contributed by atoms with Gasteiger partial charge in [0.05, 0.1) is 5.41 Å². The monoisotopic (exact) mass is 234 g/mol. The van der Waals surface area contributed by atoms with E-state index in [2.05, 4.69) is 9.88 Å². The average molecular weight is 234 g/mol. The molecule has 1 saturated heterocycles. The van der Waals surface area contributed by atoms with E-state index in [-0.39, 0.29) is 0 Å². The summed E-state index contributed by atoms with van der Waals surface area (Å²) in [5.74, 6) is 0.164. The van der Waals surface area contributed by atoms with Gasteiger partial charge >= 0.3 is 5.97 Å². The number of hydrogen-bond donors (Lipinski definition) is 1. The maximum atomic E-state index is 11.3. The van der Waals surface area contributed by atoms with E-state index in [0.717, 1.165) is 30.8 Å². The van der Waals surface area contributed by atoms with Crippen LogP contribution in [0.2, 0.25) is 0 Å². The highest BCUT2D eigenvalue weighted by molar-refractivity contribution is 5.75. The summed E-state index contributed by atoms with van der Waals surface area (Å²) in [6.45, 7) is 5.24. The molecule has 0 saturated carbocycles. The van der Waals surface area contributed by atoms with Crippen molar-refractivity contribution in [2.24, 2.45) is 5.41 Å². The van der Waals surface area contributed by atoms with Crippen LogP contribution in [-0.4, -0.2) is 29.1 Å². The fourth-order valence-corrected chi connectivity index (χ4v) is 2.26. The minimum atomic E-state index is -0.714. The van der Waals surface area contributed by atoms with Crippen molar-refractivity contribution >= 4 is 11.8 Å². The van der Waals surface area contributed by atoms with Gasteiger partial charge < -0.3 is 10.0 Å². The van der Waals surface area contributed by atoms with Crippen molar-refractivity contribution in [1.82, 2.24) is 4.98 Å². The minimum absolute atomic E-state index is 0.540. The van der Waals surface area contributed by atoms with Crippen LogP contribution in [0, 0.1) is 12.3 Å². The highest BCUT2D eigenvalue weighted by atomic mass is 16.4. The predicted molar refractivity (Wildman–Crippen MR) is 66.2 cm³/mol. The largest absolute Gasteiger partial charge is 0.481 e. The smallest absolute Gasteiger partial charge is 0.311 e. The molecule has 2 rings (SSSR count). The number of anilines is 1. The first-order valence-electron chi connectivity index (χ1n) is 5.92. The Labute approximate surface area is 101 Å². The third-order valence-corrected chi connectivity index (χ3v) is 3.43. The number of carboxylic acids is 1. The Bertz CT molecular complexity index is 416. The molecule has 4 nitrogen and oxygen atoms in total. The molecule has 1 aromatic rings. The Balaban J connectivity index is 2.17. The SMILES string of the molecule is Cc1ccc(N2CCCC(C)(C(=O)O)C2)nc1. The van der Waals surface area contributed by atoms with E-state index >= 15 is 0 Å². The maximum absolute atomic E-state index is 11.3. The van der Waals surface area contributed by atoms with Gasteiger partial charge in [0.1, 0.15) is 5.82 Å². The number of aryl methyl sites for hydroxylation is 1. The molecule has 4 heteroatoms. The van der Waals surface area contributed by atoms with Crippen LogP contribution in [-0.2, 0) is 4.79 Å². The molecular weight excluding hydrogens is 216 g/mol. The van der Waals surface area contributed by atoms with Crippen molar-refractivity contribution in [2.75, 3.05) is 18.0 Å². The topological polar surface area (TPSA) is 53.4 Å². The summed E-state index contributed by atoms with van der Waals surface area (Å²) in [5.41, 5.74) is 0.469. The van der Waals surface area contributed by atoms with E-state index in [4.69, 9.17) is 0 Å². The Morgan fingerprint density at radius 3 is 2.88 bits per heavy atom. The molecule has 1 aromatic heterocycles.